The first-order valence-corrected chi connectivity index (χ1v) is 10.5. The lowest BCUT2D eigenvalue weighted by Gasteiger charge is -2.32. The number of halogens is 1. The van der Waals surface area contributed by atoms with E-state index in [-0.39, 0.29) is 24.0 Å². The van der Waals surface area contributed by atoms with Crippen molar-refractivity contribution < 1.29 is 4.74 Å². The second-order valence-electron chi connectivity index (χ2n) is 7.72. The maximum Gasteiger partial charge on any atom is 0.194 e. The van der Waals surface area contributed by atoms with E-state index in [1.165, 1.54) is 38.8 Å². The third-order valence-corrected chi connectivity index (χ3v) is 5.88. The number of rotatable bonds is 5. The molecule has 1 aromatic heterocycles. The Labute approximate surface area is 195 Å². The van der Waals surface area contributed by atoms with Gasteiger partial charge in [0.05, 0.1) is 13.7 Å². The molecule has 2 aromatic rings. The lowest BCUT2D eigenvalue weighted by molar-refractivity contribution is 0.168. The molecule has 0 spiro atoms. The molecule has 9 heteroatoms. The monoisotopic (exact) mass is 525 g/mol. The molecular weight excluding hydrogens is 493 g/mol. The predicted molar refractivity (Wildman–Crippen MR) is 129 cm³/mol. The maximum atomic E-state index is 5.20. The molecule has 164 valence electrons. The van der Waals surface area contributed by atoms with Crippen molar-refractivity contribution in [1.29, 1.82) is 0 Å². The van der Waals surface area contributed by atoms with Gasteiger partial charge >= 0.3 is 0 Å². The highest BCUT2D eigenvalue weighted by Crippen LogP contribution is 2.21. The Kier molecular flexibility index (Phi) is 8.32. The molecule has 1 aromatic carbocycles. The molecule has 2 aliphatic heterocycles. The number of H-pyrrole nitrogens is 1. The Morgan fingerprint density at radius 2 is 1.97 bits per heavy atom. The van der Waals surface area contributed by atoms with Crippen molar-refractivity contribution in [2.24, 2.45) is 4.99 Å². The predicted octanol–water partition coefficient (Wildman–Crippen LogP) is 2.73. The SMILES string of the molecule is CN=C(NCc1nc(-c2ccc(OC)cc2)n[nH]1)N1CCC(N2CCCCC2)C1.I. The van der Waals surface area contributed by atoms with Gasteiger partial charge in [0.1, 0.15) is 11.6 Å². The maximum absolute atomic E-state index is 5.20. The van der Waals surface area contributed by atoms with E-state index in [2.05, 4.69) is 35.3 Å². The summed E-state index contributed by atoms with van der Waals surface area (Å²) in [5.41, 5.74) is 0.960. The van der Waals surface area contributed by atoms with E-state index < -0.39 is 0 Å². The summed E-state index contributed by atoms with van der Waals surface area (Å²) in [6, 6.07) is 8.40. The van der Waals surface area contributed by atoms with Crippen molar-refractivity contribution in [3.05, 3.63) is 30.1 Å². The largest absolute Gasteiger partial charge is 0.497 e. The van der Waals surface area contributed by atoms with Crippen LogP contribution in [0.5, 0.6) is 5.75 Å². The minimum Gasteiger partial charge on any atom is -0.497 e. The molecule has 0 bridgehead atoms. The number of aromatic amines is 1. The first-order valence-electron chi connectivity index (χ1n) is 10.5. The van der Waals surface area contributed by atoms with E-state index in [9.17, 15) is 0 Å². The topological polar surface area (TPSA) is 81.7 Å². The zero-order valence-corrected chi connectivity index (χ0v) is 20.1. The average molecular weight is 525 g/mol. The lowest BCUT2D eigenvalue weighted by Crippen LogP contribution is -2.44. The molecule has 0 saturated carbocycles. The summed E-state index contributed by atoms with van der Waals surface area (Å²) in [4.78, 5) is 14.1. The molecule has 3 heterocycles. The van der Waals surface area contributed by atoms with E-state index in [1.807, 2.05) is 31.3 Å². The van der Waals surface area contributed by atoms with Crippen LogP contribution in [-0.2, 0) is 6.54 Å². The Morgan fingerprint density at radius 1 is 1.20 bits per heavy atom. The number of hydrogen-bond donors (Lipinski definition) is 2. The number of nitrogens with zero attached hydrogens (tertiary/aromatic N) is 5. The van der Waals surface area contributed by atoms with E-state index in [0.717, 1.165) is 36.2 Å². The van der Waals surface area contributed by atoms with Gasteiger partial charge in [0.25, 0.3) is 0 Å². The molecule has 2 saturated heterocycles. The first-order chi connectivity index (χ1) is 14.3. The molecule has 1 atom stereocenters. The zero-order valence-electron chi connectivity index (χ0n) is 17.8. The summed E-state index contributed by atoms with van der Waals surface area (Å²) in [5.74, 6) is 3.24. The van der Waals surface area contributed by atoms with Gasteiger partial charge in [0.2, 0.25) is 0 Å². The normalized spacial score (nSPS) is 20.1. The summed E-state index contributed by atoms with van der Waals surface area (Å²) >= 11 is 0. The van der Waals surface area contributed by atoms with Gasteiger partial charge in [-0.05, 0) is 56.6 Å². The van der Waals surface area contributed by atoms with Crippen LogP contribution in [0.25, 0.3) is 11.4 Å². The van der Waals surface area contributed by atoms with Crippen LogP contribution in [0.4, 0.5) is 0 Å². The molecule has 2 aliphatic rings. The number of piperidine rings is 1. The summed E-state index contributed by atoms with van der Waals surface area (Å²) in [6.07, 6.45) is 5.27. The smallest absolute Gasteiger partial charge is 0.194 e. The van der Waals surface area contributed by atoms with Crippen molar-refractivity contribution in [3.63, 3.8) is 0 Å². The lowest BCUT2D eigenvalue weighted by atomic mass is 10.1. The highest BCUT2D eigenvalue weighted by atomic mass is 127. The molecule has 2 N–H and O–H groups in total. The van der Waals surface area contributed by atoms with Gasteiger partial charge in [-0.2, -0.15) is 5.10 Å². The minimum atomic E-state index is 0. The van der Waals surface area contributed by atoms with Gasteiger partial charge < -0.3 is 15.0 Å². The molecule has 1 unspecified atom stereocenters. The zero-order chi connectivity index (χ0) is 20.1. The van der Waals surface area contributed by atoms with Crippen molar-refractivity contribution in [3.8, 4) is 17.1 Å². The van der Waals surface area contributed by atoms with E-state index in [4.69, 9.17) is 4.74 Å². The third-order valence-electron chi connectivity index (χ3n) is 5.88. The first kappa shape index (κ1) is 22.8. The van der Waals surface area contributed by atoms with E-state index in [0.29, 0.717) is 18.4 Å². The quantitative estimate of drug-likeness (QED) is 0.355. The molecule has 0 amide bonds. The molecular formula is C21H32IN7O. The highest BCUT2D eigenvalue weighted by Gasteiger charge is 2.30. The molecule has 4 rings (SSSR count). The average Bonchev–Trinajstić information content (AvgIpc) is 3.45. The van der Waals surface area contributed by atoms with Gasteiger partial charge in [0, 0.05) is 31.7 Å². The van der Waals surface area contributed by atoms with Crippen LogP contribution >= 0.6 is 24.0 Å². The minimum absolute atomic E-state index is 0. The van der Waals surface area contributed by atoms with Crippen molar-refractivity contribution in [2.45, 2.75) is 38.3 Å². The summed E-state index contributed by atoms with van der Waals surface area (Å²) in [5, 5.41) is 10.8. The second-order valence-corrected chi connectivity index (χ2v) is 7.72. The van der Waals surface area contributed by atoms with Crippen molar-refractivity contribution in [1.82, 2.24) is 30.3 Å². The number of aliphatic imine (C=N–C) groups is 1. The Hall–Kier alpha value is -1.88. The van der Waals surface area contributed by atoms with E-state index >= 15 is 0 Å². The van der Waals surface area contributed by atoms with Crippen LogP contribution in [0.2, 0.25) is 0 Å². The van der Waals surface area contributed by atoms with Gasteiger partial charge in [-0.15, -0.1) is 24.0 Å². The summed E-state index contributed by atoms with van der Waals surface area (Å²) in [7, 11) is 3.51. The van der Waals surface area contributed by atoms with Crippen LogP contribution in [0, 0.1) is 0 Å². The van der Waals surface area contributed by atoms with Gasteiger partial charge in [-0.1, -0.05) is 6.42 Å². The fourth-order valence-corrected chi connectivity index (χ4v) is 4.25. The second kappa shape index (κ2) is 10.9. The van der Waals surface area contributed by atoms with Crippen molar-refractivity contribution in [2.75, 3.05) is 40.3 Å². The van der Waals surface area contributed by atoms with Gasteiger partial charge in [-0.25, -0.2) is 4.98 Å². The van der Waals surface area contributed by atoms with Crippen molar-refractivity contribution >= 4 is 29.9 Å². The fourth-order valence-electron chi connectivity index (χ4n) is 4.25. The van der Waals surface area contributed by atoms with Crippen LogP contribution in [-0.4, -0.2) is 77.3 Å². The number of methoxy groups -OCH3 is 1. The van der Waals surface area contributed by atoms with Crippen LogP contribution in [0.1, 0.15) is 31.5 Å². The van der Waals surface area contributed by atoms with Gasteiger partial charge in [-0.3, -0.25) is 15.0 Å². The molecule has 0 aliphatic carbocycles. The van der Waals surface area contributed by atoms with Gasteiger partial charge in [0.15, 0.2) is 11.8 Å². The Balaban J connectivity index is 0.00000256. The standard InChI is InChI=1S/C21H31N7O.HI/c1-22-21(28-13-10-17(15-28)27-11-4-3-5-12-27)23-14-19-24-20(26-25-19)16-6-8-18(29-2)9-7-16;/h6-9,17H,3-5,10-15H2,1-2H3,(H,22,23)(H,24,25,26);1H. The molecule has 30 heavy (non-hydrogen) atoms. The van der Waals surface area contributed by atoms with E-state index in [1.54, 1.807) is 7.11 Å². The van der Waals surface area contributed by atoms with Crippen LogP contribution in [0.15, 0.2) is 29.3 Å². The van der Waals surface area contributed by atoms with Crippen LogP contribution in [0.3, 0.4) is 0 Å². The summed E-state index contributed by atoms with van der Waals surface area (Å²) < 4.78 is 5.20. The fraction of sp³-hybridized carbons (Fsp3) is 0.571. The number of aromatic nitrogens is 3. The number of ether oxygens (including phenoxy) is 1. The highest BCUT2D eigenvalue weighted by molar-refractivity contribution is 14.0. The number of guanidine groups is 1. The number of hydrogen-bond acceptors (Lipinski definition) is 5. The molecule has 0 radical (unpaired) electrons. The third kappa shape index (κ3) is 5.42. The van der Waals surface area contributed by atoms with Crippen LogP contribution < -0.4 is 10.1 Å². The molecule has 8 nitrogen and oxygen atoms in total. The summed E-state index contributed by atoms with van der Waals surface area (Å²) in [6.45, 7) is 5.16. The Morgan fingerprint density at radius 3 is 2.67 bits per heavy atom. The molecule has 2 fully saturated rings. The number of likely N-dealkylation sites (tertiary alicyclic amines) is 2. The Bertz CT molecular complexity index is 817. The number of nitrogens with one attached hydrogen (secondary N) is 2. The number of benzene rings is 1.